The Hall–Kier alpha value is -1.06. The second-order valence-electron chi connectivity index (χ2n) is 4.31. The first-order chi connectivity index (χ1) is 7.45. The zero-order valence-electron chi connectivity index (χ0n) is 10.7. The standard InChI is InChI=1S/C12H23NO3/c1-5-7-8-10(14)13(6-2)11(9(3)4)12(15)16/h9,11H,5-8H2,1-4H3,(H,15,16)/t11-/m0/s1. The maximum absolute atomic E-state index is 11.8. The molecular weight excluding hydrogens is 206 g/mol. The number of carboxylic acid groups (broad SMARTS) is 1. The van der Waals surface area contributed by atoms with Crippen LogP contribution in [0.25, 0.3) is 0 Å². The van der Waals surface area contributed by atoms with E-state index in [0.717, 1.165) is 12.8 Å². The topological polar surface area (TPSA) is 57.6 Å². The van der Waals surface area contributed by atoms with Crippen molar-refractivity contribution < 1.29 is 14.7 Å². The van der Waals surface area contributed by atoms with Crippen LogP contribution < -0.4 is 0 Å². The molecule has 0 heterocycles. The summed E-state index contributed by atoms with van der Waals surface area (Å²) in [5.74, 6) is -1.03. The Labute approximate surface area is 97.6 Å². The number of nitrogens with zero attached hydrogens (tertiary/aromatic N) is 1. The highest BCUT2D eigenvalue weighted by Crippen LogP contribution is 2.13. The van der Waals surface area contributed by atoms with Crippen LogP contribution in [0.2, 0.25) is 0 Å². The number of hydrogen-bond donors (Lipinski definition) is 1. The zero-order chi connectivity index (χ0) is 12.7. The van der Waals surface area contributed by atoms with Gasteiger partial charge in [0.2, 0.25) is 5.91 Å². The zero-order valence-corrected chi connectivity index (χ0v) is 10.7. The lowest BCUT2D eigenvalue weighted by Crippen LogP contribution is -2.47. The van der Waals surface area contributed by atoms with Crippen LogP contribution in [0.3, 0.4) is 0 Å². The van der Waals surface area contributed by atoms with Gasteiger partial charge in [-0.2, -0.15) is 0 Å². The number of amides is 1. The minimum atomic E-state index is -0.915. The van der Waals surface area contributed by atoms with E-state index < -0.39 is 12.0 Å². The molecule has 4 nitrogen and oxygen atoms in total. The van der Waals surface area contributed by atoms with Crippen molar-refractivity contribution in [2.75, 3.05) is 6.54 Å². The SMILES string of the molecule is CCCCC(=O)N(CC)[C@H](C(=O)O)C(C)C. The fourth-order valence-corrected chi connectivity index (χ4v) is 1.78. The van der Waals surface area contributed by atoms with Crippen molar-refractivity contribution in [2.24, 2.45) is 5.92 Å². The highest BCUT2D eigenvalue weighted by Gasteiger charge is 2.30. The van der Waals surface area contributed by atoms with Gasteiger partial charge in [0.1, 0.15) is 6.04 Å². The van der Waals surface area contributed by atoms with E-state index >= 15 is 0 Å². The van der Waals surface area contributed by atoms with E-state index in [1.165, 1.54) is 4.90 Å². The Kier molecular flexibility index (Phi) is 6.77. The molecule has 0 aliphatic heterocycles. The molecule has 16 heavy (non-hydrogen) atoms. The van der Waals surface area contributed by atoms with Gasteiger partial charge >= 0.3 is 5.97 Å². The number of hydrogen-bond acceptors (Lipinski definition) is 2. The fraction of sp³-hybridized carbons (Fsp3) is 0.833. The van der Waals surface area contributed by atoms with Gasteiger partial charge in [0, 0.05) is 13.0 Å². The molecule has 0 radical (unpaired) electrons. The molecule has 1 N–H and O–H groups in total. The maximum Gasteiger partial charge on any atom is 0.326 e. The van der Waals surface area contributed by atoms with Crippen molar-refractivity contribution >= 4 is 11.9 Å². The first kappa shape index (κ1) is 14.9. The maximum atomic E-state index is 11.8. The Balaban J connectivity index is 4.66. The molecule has 1 amide bonds. The number of carbonyl (C=O) groups is 2. The van der Waals surface area contributed by atoms with Gasteiger partial charge in [-0.05, 0) is 19.3 Å². The van der Waals surface area contributed by atoms with E-state index in [0.29, 0.717) is 13.0 Å². The Morgan fingerprint density at radius 1 is 1.25 bits per heavy atom. The summed E-state index contributed by atoms with van der Waals surface area (Å²) in [5.41, 5.74) is 0. The molecule has 0 fully saturated rings. The molecule has 0 aromatic carbocycles. The first-order valence-corrected chi connectivity index (χ1v) is 5.97. The van der Waals surface area contributed by atoms with Gasteiger partial charge in [0.05, 0.1) is 0 Å². The molecule has 0 saturated heterocycles. The number of carboxylic acids is 1. The van der Waals surface area contributed by atoms with Gasteiger partial charge in [-0.3, -0.25) is 4.79 Å². The van der Waals surface area contributed by atoms with Crippen LogP contribution >= 0.6 is 0 Å². The van der Waals surface area contributed by atoms with Crippen LogP contribution in [0.1, 0.15) is 47.0 Å². The van der Waals surface area contributed by atoms with Crippen molar-refractivity contribution in [3.05, 3.63) is 0 Å². The van der Waals surface area contributed by atoms with Gasteiger partial charge in [-0.1, -0.05) is 27.2 Å². The average Bonchev–Trinajstić information content (AvgIpc) is 2.20. The van der Waals surface area contributed by atoms with Crippen LogP contribution in [0.5, 0.6) is 0 Å². The lowest BCUT2D eigenvalue weighted by molar-refractivity contribution is -0.152. The number of unbranched alkanes of at least 4 members (excludes halogenated alkanes) is 1. The summed E-state index contributed by atoms with van der Waals surface area (Å²) in [4.78, 5) is 24.4. The molecule has 4 heteroatoms. The summed E-state index contributed by atoms with van der Waals surface area (Å²) in [6.07, 6.45) is 2.21. The van der Waals surface area contributed by atoms with Gasteiger partial charge in [0.15, 0.2) is 0 Å². The number of rotatable bonds is 7. The quantitative estimate of drug-likeness (QED) is 0.727. The second-order valence-corrected chi connectivity index (χ2v) is 4.31. The summed E-state index contributed by atoms with van der Waals surface area (Å²) in [6.45, 7) is 7.95. The number of likely N-dealkylation sites (N-methyl/N-ethyl adjacent to an activating group) is 1. The summed E-state index contributed by atoms with van der Waals surface area (Å²) in [5, 5.41) is 9.13. The third-order valence-electron chi connectivity index (χ3n) is 2.63. The Bertz CT molecular complexity index is 238. The molecule has 0 unspecified atom stereocenters. The highest BCUT2D eigenvalue weighted by molar-refractivity contribution is 5.83. The predicted octanol–water partition coefficient (Wildman–Crippen LogP) is 2.13. The van der Waals surface area contributed by atoms with Gasteiger partial charge in [-0.25, -0.2) is 4.79 Å². The van der Waals surface area contributed by atoms with E-state index in [2.05, 4.69) is 0 Å². The number of carbonyl (C=O) groups excluding carboxylic acids is 1. The van der Waals surface area contributed by atoms with Crippen LogP contribution in [0.4, 0.5) is 0 Å². The molecule has 1 atom stereocenters. The van der Waals surface area contributed by atoms with Crippen molar-refractivity contribution in [1.29, 1.82) is 0 Å². The first-order valence-electron chi connectivity index (χ1n) is 5.97. The molecular formula is C12H23NO3. The smallest absolute Gasteiger partial charge is 0.326 e. The lowest BCUT2D eigenvalue weighted by Gasteiger charge is -2.30. The molecule has 0 aliphatic rings. The van der Waals surface area contributed by atoms with Crippen LogP contribution in [-0.4, -0.2) is 34.5 Å². The molecule has 0 spiro atoms. The van der Waals surface area contributed by atoms with Gasteiger partial charge in [0.25, 0.3) is 0 Å². The molecule has 0 aromatic rings. The Morgan fingerprint density at radius 2 is 1.81 bits per heavy atom. The molecule has 0 saturated carbocycles. The lowest BCUT2D eigenvalue weighted by atomic mass is 10.0. The third-order valence-corrected chi connectivity index (χ3v) is 2.63. The average molecular weight is 229 g/mol. The third kappa shape index (κ3) is 4.21. The van der Waals surface area contributed by atoms with Crippen LogP contribution in [-0.2, 0) is 9.59 Å². The summed E-state index contributed by atoms with van der Waals surface area (Å²) >= 11 is 0. The van der Waals surface area contributed by atoms with E-state index in [1.807, 2.05) is 27.7 Å². The van der Waals surface area contributed by atoms with Gasteiger partial charge < -0.3 is 10.0 Å². The molecule has 0 rings (SSSR count). The Morgan fingerprint density at radius 3 is 2.12 bits per heavy atom. The van der Waals surface area contributed by atoms with E-state index in [-0.39, 0.29) is 11.8 Å². The molecule has 0 aliphatic carbocycles. The van der Waals surface area contributed by atoms with Crippen molar-refractivity contribution in [3.8, 4) is 0 Å². The minimum Gasteiger partial charge on any atom is -0.480 e. The van der Waals surface area contributed by atoms with Crippen LogP contribution in [0, 0.1) is 5.92 Å². The van der Waals surface area contributed by atoms with Crippen molar-refractivity contribution in [2.45, 2.75) is 53.0 Å². The van der Waals surface area contributed by atoms with Crippen molar-refractivity contribution in [3.63, 3.8) is 0 Å². The number of aliphatic carboxylic acids is 1. The molecule has 0 bridgehead atoms. The monoisotopic (exact) mass is 229 g/mol. The second kappa shape index (κ2) is 7.25. The molecule has 0 aromatic heterocycles. The van der Waals surface area contributed by atoms with E-state index in [4.69, 9.17) is 5.11 Å². The largest absolute Gasteiger partial charge is 0.480 e. The summed E-state index contributed by atoms with van der Waals surface area (Å²) < 4.78 is 0. The van der Waals surface area contributed by atoms with E-state index in [1.54, 1.807) is 0 Å². The van der Waals surface area contributed by atoms with Crippen molar-refractivity contribution in [1.82, 2.24) is 4.90 Å². The fourth-order valence-electron chi connectivity index (χ4n) is 1.78. The van der Waals surface area contributed by atoms with E-state index in [9.17, 15) is 9.59 Å². The molecule has 94 valence electrons. The highest BCUT2D eigenvalue weighted by atomic mass is 16.4. The minimum absolute atomic E-state index is 0.0505. The van der Waals surface area contributed by atoms with Gasteiger partial charge in [-0.15, -0.1) is 0 Å². The normalized spacial score (nSPS) is 12.6. The predicted molar refractivity (Wildman–Crippen MR) is 63.2 cm³/mol. The summed E-state index contributed by atoms with van der Waals surface area (Å²) in [7, 11) is 0. The van der Waals surface area contributed by atoms with Crippen LogP contribution in [0.15, 0.2) is 0 Å². The summed E-state index contributed by atoms with van der Waals surface area (Å²) in [6, 6.07) is -0.700.